The average Bonchev–Trinajstić information content (AvgIpc) is 3.12. The first-order chi connectivity index (χ1) is 12.3. The van der Waals surface area contributed by atoms with E-state index in [0.29, 0.717) is 25.1 Å². The van der Waals surface area contributed by atoms with Gasteiger partial charge in [0.15, 0.2) is 6.10 Å². The molecule has 0 aliphatic carbocycles. The van der Waals surface area contributed by atoms with Gasteiger partial charge in [0.1, 0.15) is 11.8 Å². The first kappa shape index (κ1) is 20.2. The molecule has 2 atom stereocenters. The fraction of sp³-hybridized carbons (Fsp3) is 0.529. The van der Waals surface area contributed by atoms with E-state index >= 15 is 0 Å². The molecule has 0 radical (unpaired) electrons. The molecule has 26 heavy (non-hydrogen) atoms. The summed E-state index contributed by atoms with van der Waals surface area (Å²) < 4.78 is 37.1. The summed E-state index contributed by atoms with van der Waals surface area (Å²) in [5.74, 6) is -0.584. The van der Waals surface area contributed by atoms with Gasteiger partial charge in [-0.15, -0.1) is 0 Å². The Morgan fingerprint density at radius 1 is 1.31 bits per heavy atom. The molecule has 8 nitrogen and oxygen atoms in total. The van der Waals surface area contributed by atoms with E-state index in [4.69, 9.17) is 9.47 Å². The summed E-state index contributed by atoms with van der Waals surface area (Å²) in [7, 11) is -2.36. The first-order valence-electron chi connectivity index (χ1n) is 8.45. The minimum Gasteiger partial charge on any atom is -0.497 e. The van der Waals surface area contributed by atoms with E-state index in [-0.39, 0.29) is 11.4 Å². The highest BCUT2D eigenvalue weighted by Gasteiger charge is 2.41. The van der Waals surface area contributed by atoms with E-state index in [2.05, 4.69) is 5.32 Å². The van der Waals surface area contributed by atoms with Gasteiger partial charge >= 0.3 is 5.97 Å². The Kier molecular flexibility index (Phi) is 6.60. The molecule has 2 rings (SSSR count). The highest BCUT2D eigenvalue weighted by Crippen LogP contribution is 2.28. The Hall–Kier alpha value is -2.13. The molecule has 1 fully saturated rings. The van der Waals surface area contributed by atoms with Crippen LogP contribution in [0, 0.1) is 0 Å². The van der Waals surface area contributed by atoms with Crippen molar-refractivity contribution in [3.05, 3.63) is 24.3 Å². The molecule has 9 heteroatoms. The van der Waals surface area contributed by atoms with Crippen LogP contribution in [0.5, 0.6) is 5.75 Å². The van der Waals surface area contributed by atoms with Crippen molar-refractivity contribution in [3.8, 4) is 5.75 Å². The number of hydrogen-bond acceptors (Lipinski definition) is 6. The van der Waals surface area contributed by atoms with Crippen LogP contribution in [-0.2, 0) is 24.3 Å². The van der Waals surface area contributed by atoms with Crippen molar-refractivity contribution in [2.24, 2.45) is 0 Å². The maximum absolute atomic E-state index is 12.9. The van der Waals surface area contributed by atoms with Crippen LogP contribution < -0.4 is 10.1 Å². The third-order valence-electron chi connectivity index (χ3n) is 4.15. The number of methoxy groups -OCH3 is 1. The third-order valence-corrected chi connectivity index (χ3v) is 6.08. The molecule has 0 bridgehead atoms. The van der Waals surface area contributed by atoms with E-state index in [1.165, 1.54) is 26.2 Å². The summed E-state index contributed by atoms with van der Waals surface area (Å²) in [5, 5.41) is 2.56. The number of hydrogen-bond donors (Lipinski definition) is 1. The zero-order valence-corrected chi connectivity index (χ0v) is 15.9. The molecule has 1 aliphatic heterocycles. The predicted octanol–water partition coefficient (Wildman–Crippen LogP) is 0.916. The number of ether oxygens (including phenoxy) is 2. The van der Waals surface area contributed by atoms with Crippen LogP contribution in [0.3, 0.4) is 0 Å². The van der Waals surface area contributed by atoms with Gasteiger partial charge in [-0.1, -0.05) is 0 Å². The van der Waals surface area contributed by atoms with Gasteiger partial charge in [-0.05, 0) is 51.0 Å². The monoisotopic (exact) mass is 384 g/mol. The molecule has 0 aromatic heterocycles. The Morgan fingerprint density at radius 2 is 1.96 bits per heavy atom. The van der Waals surface area contributed by atoms with E-state index in [1.54, 1.807) is 19.1 Å². The van der Waals surface area contributed by atoms with Gasteiger partial charge in [-0.2, -0.15) is 4.31 Å². The largest absolute Gasteiger partial charge is 0.497 e. The molecule has 1 aromatic rings. The fourth-order valence-electron chi connectivity index (χ4n) is 2.77. The lowest BCUT2D eigenvalue weighted by Crippen LogP contribution is -2.44. The number of amides is 1. The van der Waals surface area contributed by atoms with Crippen LogP contribution in [-0.4, -0.2) is 56.9 Å². The van der Waals surface area contributed by atoms with E-state index in [9.17, 15) is 18.0 Å². The molecule has 0 spiro atoms. The number of carbonyl (C=O) groups excluding carboxylic acids is 2. The summed E-state index contributed by atoms with van der Waals surface area (Å²) in [5.41, 5.74) is 0. The average molecular weight is 384 g/mol. The van der Waals surface area contributed by atoms with Gasteiger partial charge in [0.2, 0.25) is 10.0 Å². The van der Waals surface area contributed by atoms with Gasteiger partial charge in [0, 0.05) is 13.1 Å². The molecule has 1 N–H and O–H groups in total. The number of esters is 1. The Labute approximate surface area is 153 Å². The second-order valence-corrected chi connectivity index (χ2v) is 7.81. The number of sulfonamides is 1. The molecule has 1 aliphatic rings. The molecular weight excluding hydrogens is 360 g/mol. The van der Waals surface area contributed by atoms with Crippen LogP contribution in [0.1, 0.15) is 26.7 Å². The minimum absolute atomic E-state index is 0.0785. The topological polar surface area (TPSA) is 102 Å². The zero-order chi connectivity index (χ0) is 19.3. The fourth-order valence-corrected chi connectivity index (χ4v) is 4.42. The maximum atomic E-state index is 12.9. The van der Waals surface area contributed by atoms with Gasteiger partial charge < -0.3 is 14.8 Å². The van der Waals surface area contributed by atoms with Crippen LogP contribution >= 0.6 is 0 Å². The number of nitrogens with zero attached hydrogens (tertiary/aromatic N) is 1. The summed E-state index contributed by atoms with van der Waals surface area (Å²) in [6, 6.07) is 5.04. The van der Waals surface area contributed by atoms with Crippen LogP contribution in [0.4, 0.5) is 0 Å². The highest BCUT2D eigenvalue weighted by molar-refractivity contribution is 7.89. The molecule has 0 unspecified atom stereocenters. The Bertz CT molecular complexity index is 747. The quantitative estimate of drug-likeness (QED) is 0.702. The number of benzene rings is 1. The van der Waals surface area contributed by atoms with Crippen molar-refractivity contribution >= 4 is 21.9 Å². The molecular formula is C17H24N2O6S. The number of carbonyl (C=O) groups is 2. The molecule has 144 valence electrons. The smallest absolute Gasteiger partial charge is 0.325 e. The van der Waals surface area contributed by atoms with Crippen LogP contribution in [0.25, 0.3) is 0 Å². The SMILES string of the molecule is CCNC(=O)[C@@H](C)OC(=O)[C@@H]1CCCN1S(=O)(=O)c1ccc(OC)cc1. The van der Waals surface area contributed by atoms with Crippen molar-refractivity contribution in [2.45, 2.75) is 43.7 Å². The normalized spacial score (nSPS) is 19.0. The summed E-state index contributed by atoms with van der Waals surface area (Å²) in [6.07, 6.45) is -0.0744. The summed E-state index contributed by atoms with van der Waals surface area (Å²) >= 11 is 0. The molecule has 1 heterocycles. The second-order valence-electron chi connectivity index (χ2n) is 5.92. The van der Waals surface area contributed by atoms with Gasteiger partial charge in [0.05, 0.1) is 12.0 Å². The number of nitrogens with one attached hydrogen (secondary N) is 1. The van der Waals surface area contributed by atoms with Crippen molar-refractivity contribution in [3.63, 3.8) is 0 Å². The van der Waals surface area contributed by atoms with E-state index in [0.717, 1.165) is 4.31 Å². The number of rotatable bonds is 7. The standard InChI is InChI=1S/C17H24N2O6S/c1-4-18-16(20)12(2)25-17(21)15-6-5-11-19(15)26(22,23)14-9-7-13(24-3)8-10-14/h7-10,12,15H,4-6,11H2,1-3H3,(H,18,20)/t12-,15+/m1/s1. The van der Waals surface area contributed by atoms with Crippen molar-refractivity contribution in [2.75, 3.05) is 20.2 Å². The van der Waals surface area contributed by atoms with Gasteiger partial charge in [-0.3, -0.25) is 9.59 Å². The van der Waals surface area contributed by atoms with Crippen molar-refractivity contribution in [1.29, 1.82) is 0 Å². The lowest BCUT2D eigenvalue weighted by molar-refractivity contribution is -0.157. The first-order valence-corrected chi connectivity index (χ1v) is 9.89. The maximum Gasteiger partial charge on any atom is 0.325 e. The van der Waals surface area contributed by atoms with E-state index in [1.807, 2.05) is 0 Å². The Morgan fingerprint density at radius 3 is 2.54 bits per heavy atom. The van der Waals surface area contributed by atoms with Crippen LogP contribution in [0.2, 0.25) is 0 Å². The summed E-state index contributed by atoms with van der Waals surface area (Å²) in [6.45, 7) is 3.86. The third kappa shape index (κ3) is 4.34. The summed E-state index contributed by atoms with van der Waals surface area (Å²) in [4.78, 5) is 24.2. The molecule has 0 saturated carbocycles. The zero-order valence-electron chi connectivity index (χ0n) is 15.1. The molecule has 1 aromatic carbocycles. The minimum atomic E-state index is -3.85. The van der Waals surface area contributed by atoms with Crippen LogP contribution in [0.15, 0.2) is 29.2 Å². The number of likely N-dealkylation sites (N-methyl/N-ethyl adjacent to an activating group) is 1. The highest BCUT2D eigenvalue weighted by atomic mass is 32.2. The van der Waals surface area contributed by atoms with Gasteiger partial charge in [-0.25, -0.2) is 8.42 Å². The lowest BCUT2D eigenvalue weighted by atomic mass is 10.2. The Balaban J connectivity index is 2.15. The van der Waals surface area contributed by atoms with Gasteiger partial charge in [0.25, 0.3) is 5.91 Å². The van der Waals surface area contributed by atoms with Crippen molar-refractivity contribution in [1.82, 2.24) is 9.62 Å². The van der Waals surface area contributed by atoms with E-state index < -0.39 is 34.0 Å². The predicted molar refractivity (Wildman–Crippen MR) is 94.1 cm³/mol. The molecule has 1 saturated heterocycles. The molecule has 1 amide bonds. The second kappa shape index (κ2) is 8.50. The lowest BCUT2D eigenvalue weighted by Gasteiger charge is -2.24. The van der Waals surface area contributed by atoms with Crippen molar-refractivity contribution < 1.29 is 27.5 Å².